The van der Waals surface area contributed by atoms with E-state index in [0.717, 1.165) is 32.8 Å². The molecule has 1 aliphatic heterocycles. The predicted octanol–water partition coefficient (Wildman–Crippen LogP) is 7.30. The zero-order chi connectivity index (χ0) is 35.4. The van der Waals surface area contributed by atoms with Crippen LogP contribution >= 0.6 is 22.7 Å². The molecule has 17 heteroatoms. The van der Waals surface area contributed by atoms with Crippen LogP contribution in [-0.4, -0.2) is 80.1 Å². The Hall–Kier alpha value is -5.55. The highest BCUT2D eigenvalue weighted by atomic mass is 32.1. The second-order valence-electron chi connectivity index (χ2n) is 13.0. The minimum atomic E-state index is -0.524. The van der Waals surface area contributed by atoms with Crippen LogP contribution in [0.15, 0.2) is 57.6 Å². The fraction of sp³-hybridized carbons (Fsp3) is 0.324. The third kappa shape index (κ3) is 6.57. The van der Waals surface area contributed by atoms with E-state index >= 15 is 0 Å². The van der Waals surface area contributed by atoms with Gasteiger partial charge in [-0.1, -0.05) is 34.8 Å². The van der Waals surface area contributed by atoms with Crippen molar-refractivity contribution in [1.29, 1.82) is 0 Å². The van der Waals surface area contributed by atoms with Crippen LogP contribution in [0.5, 0.6) is 11.5 Å². The number of carbonyl (C=O) groups excluding carboxylic acids is 1. The summed E-state index contributed by atoms with van der Waals surface area (Å²) in [4.78, 5) is 33.7. The maximum absolute atomic E-state index is 12.5. The number of hydrogen-bond acceptors (Lipinski definition) is 14. The number of amides is 1. The maximum atomic E-state index is 12.5. The molecule has 15 nitrogen and oxygen atoms in total. The molecule has 9 rings (SSSR count). The molecule has 1 fully saturated rings. The molecule has 0 unspecified atom stereocenters. The van der Waals surface area contributed by atoms with Gasteiger partial charge < -0.3 is 28.3 Å². The molecule has 2 aromatic carbocycles. The third-order valence-electron chi connectivity index (χ3n) is 7.94. The van der Waals surface area contributed by atoms with Crippen LogP contribution in [0.25, 0.3) is 55.3 Å². The van der Waals surface area contributed by atoms with Crippen molar-refractivity contribution in [1.82, 2.24) is 44.1 Å². The first-order chi connectivity index (χ1) is 24.5. The van der Waals surface area contributed by atoms with E-state index < -0.39 is 5.60 Å². The number of likely N-dealkylation sites (tertiary alicyclic amines) is 1. The Kier molecular flexibility index (Phi) is 8.10. The Morgan fingerprint density at radius 3 is 2.06 bits per heavy atom. The average molecular weight is 728 g/mol. The van der Waals surface area contributed by atoms with Gasteiger partial charge >= 0.3 is 6.09 Å². The monoisotopic (exact) mass is 727 g/mol. The molecular formula is C34H33N9O6S2. The number of imidazole rings is 2. The number of aryl methyl sites for hydroxylation is 2. The predicted molar refractivity (Wildman–Crippen MR) is 190 cm³/mol. The van der Waals surface area contributed by atoms with E-state index in [4.69, 9.17) is 18.3 Å². The number of phenolic OH excluding ortho intramolecular Hbond substituents is 1. The van der Waals surface area contributed by atoms with Crippen LogP contribution in [0.3, 0.4) is 0 Å². The van der Waals surface area contributed by atoms with Crippen molar-refractivity contribution in [3.63, 3.8) is 0 Å². The number of fused-ring (bicyclic) bond motifs is 4. The standard InChI is InChI=1S/C22H25N5O4S.C12H8N4O2S/c1-13-25-27-11-15(23-20(27)32-13)19-24-18-16(8-5-9-17(18)30-19)29-12-14-7-6-10-26(14)21(28)31-22(2,3)4;1-6-15-16-5-7(13-12(16)19-6)11-14-10-8(17)3-2-4-9(10)18-11/h5,8-9,11,14H,6-7,10,12H2,1-4H3;2-5,17H,1H3/t14-;/m1./s1. The van der Waals surface area contributed by atoms with Crippen LogP contribution in [0.4, 0.5) is 4.79 Å². The number of nitrogens with zero attached hydrogens (tertiary/aromatic N) is 9. The highest BCUT2D eigenvalue weighted by molar-refractivity contribution is 7.16. The van der Waals surface area contributed by atoms with Crippen LogP contribution in [-0.2, 0) is 4.74 Å². The van der Waals surface area contributed by atoms with Gasteiger partial charge in [0.15, 0.2) is 22.2 Å². The van der Waals surface area contributed by atoms with Gasteiger partial charge in [0.05, 0.1) is 18.4 Å². The molecular weight excluding hydrogens is 695 g/mol. The Labute approximate surface area is 298 Å². The minimum absolute atomic E-state index is 0.0410. The lowest BCUT2D eigenvalue weighted by Crippen LogP contribution is -2.42. The third-order valence-corrected chi connectivity index (χ3v) is 9.62. The van der Waals surface area contributed by atoms with Crippen molar-refractivity contribution in [2.75, 3.05) is 13.2 Å². The molecule has 1 N–H and O–H groups in total. The zero-order valence-corrected chi connectivity index (χ0v) is 30.0. The largest absolute Gasteiger partial charge is 0.506 e. The van der Waals surface area contributed by atoms with Crippen LogP contribution in [0, 0.1) is 13.8 Å². The summed E-state index contributed by atoms with van der Waals surface area (Å²) in [6, 6.07) is 10.6. The lowest BCUT2D eigenvalue weighted by Gasteiger charge is -2.28. The molecule has 262 valence electrons. The van der Waals surface area contributed by atoms with Gasteiger partial charge in [0.2, 0.25) is 21.7 Å². The number of phenols is 1. The SMILES string of the molecule is Cc1nn2cc(-c3nc4c(O)cccc4o3)nc2s1.Cc1nn2cc(-c3nc4c(OC[C@H]5CCCN5C(=O)OC(C)(C)C)cccc4o3)nc2s1. The molecule has 0 aliphatic carbocycles. The summed E-state index contributed by atoms with van der Waals surface area (Å²) in [5.74, 6) is 1.51. The molecule has 0 radical (unpaired) electrons. The zero-order valence-electron chi connectivity index (χ0n) is 28.4. The summed E-state index contributed by atoms with van der Waals surface area (Å²) in [5, 5.41) is 20.3. The fourth-order valence-electron chi connectivity index (χ4n) is 5.75. The molecule has 0 bridgehead atoms. The normalized spacial score (nSPS) is 14.9. The van der Waals surface area contributed by atoms with Crippen molar-refractivity contribution in [2.24, 2.45) is 0 Å². The molecule has 0 saturated carbocycles. The van der Waals surface area contributed by atoms with E-state index in [1.165, 1.54) is 22.7 Å². The van der Waals surface area contributed by atoms with Crippen molar-refractivity contribution in [3.8, 4) is 34.7 Å². The van der Waals surface area contributed by atoms with Crippen LogP contribution in [0.1, 0.15) is 43.6 Å². The second kappa shape index (κ2) is 12.6. The molecule has 1 amide bonds. The van der Waals surface area contributed by atoms with E-state index in [2.05, 4.69) is 30.1 Å². The van der Waals surface area contributed by atoms with Gasteiger partial charge in [0, 0.05) is 6.54 Å². The van der Waals surface area contributed by atoms with Crippen LogP contribution in [0.2, 0.25) is 0 Å². The number of aromatic hydroxyl groups is 1. The van der Waals surface area contributed by atoms with E-state index in [1.807, 2.05) is 52.8 Å². The average Bonchev–Trinajstić information content (AvgIpc) is 3.90. The highest BCUT2D eigenvalue weighted by Crippen LogP contribution is 2.32. The number of aromatic nitrogens is 8. The van der Waals surface area contributed by atoms with E-state index in [-0.39, 0.29) is 17.9 Å². The van der Waals surface area contributed by atoms with Crippen molar-refractivity contribution in [3.05, 3.63) is 58.8 Å². The topological polar surface area (TPSA) is 171 Å². The van der Waals surface area contributed by atoms with Gasteiger partial charge in [-0.25, -0.2) is 33.8 Å². The van der Waals surface area contributed by atoms with Gasteiger partial charge in [0.1, 0.15) is 45.1 Å². The molecule has 7 heterocycles. The van der Waals surface area contributed by atoms with Crippen molar-refractivity contribution < 1.29 is 28.2 Å². The molecule has 1 atom stereocenters. The first-order valence-corrected chi connectivity index (χ1v) is 17.9. The Morgan fingerprint density at radius 1 is 0.882 bits per heavy atom. The smallest absolute Gasteiger partial charge is 0.410 e. The number of benzene rings is 2. The number of rotatable bonds is 5. The van der Waals surface area contributed by atoms with Crippen LogP contribution < -0.4 is 4.74 Å². The molecule has 6 aromatic heterocycles. The van der Waals surface area contributed by atoms with Gasteiger partial charge in [-0.05, 0) is 71.7 Å². The van der Waals surface area contributed by atoms with Gasteiger partial charge in [0.25, 0.3) is 0 Å². The number of oxazole rings is 2. The first-order valence-electron chi connectivity index (χ1n) is 16.2. The summed E-state index contributed by atoms with van der Waals surface area (Å²) in [5.41, 5.74) is 2.93. The Balaban J connectivity index is 0.000000166. The molecule has 51 heavy (non-hydrogen) atoms. The number of carbonyl (C=O) groups is 1. The lowest BCUT2D eigenvalue weighted by molar-refractivity contribution is 0.0188. The lowest BCUT2D eigenvalue weighted by atomic mass is 10.2. The first kappa shape index (κ1) is 32.6. The Bertz CT molecular complexity index is 2470. The molecule has 0 spiro atoms. The van der Waals surface area contributed by atoms with E-state index in [0.29, 0.717) is 64.3 Å². The van der Waals surface area contributed by atoms with E-state index in [9.17, 15) is 9.90 Å². The summed E-state index contributed by atoms with van der Waals surface area (Å²) < 4.78 is 26.6. The Morgan fingerprint density at radius 2 is 1.47 bits per heavy atom. The van der Waals surface area contributed by atoms with E-state index in [1.54, 1.807) is 44.5 Å². The fourth-order valence-corrected chi connectivity index (χ4v) is 7.20. The van der Waals surface area contributed by atoms with Crippen molar-refractivity contribution in [2.45, 2.75) is 59.1 Å². The number of para-hydroxylation sites is 2. The quantitative estimate of drug-likeness (QED) is 0.188. The van der Waals surface area contributed by atoms with Gasteiger partial charge in [-0.3, -0.25) is 0 Å². The summed E-state index contributed by atoms with van der Waals surface area (Å²) in [6.45, 7) is 10.5. The van der Waals surface area contributed by atoms with Crippen molar-refractivity contribution >= 4 is 60.9 Å². The molecule has 1 aliphatic rings. The summed E-state index contributed by atoms with van der Waals surface area (Å²) in [6.07, 6.45) is 5.07. The molecule has 1 saturated heterocycles. The number of hydrogen-bond donors (Lipinski definition) is 1. The summed E-state index contributed by atoms with van der Waals surface area (Å²) >= 11 is 3.01. The van der Waals surface area contributed by atoms with Gasteiger partial charge in [-0.2, -0.15) is 10.2 Å². The minimum Gasteiger partial charge on any atom is -0.506 e. The highest BCUT2D eigenvalue weighted by Gasteiger charge is 2.33. The second-order valence-corrected chi connectivity index (χ2v) is 15.3. The molecule has 8 aromatic rings. The van der Waals surface area contributed by atoms with Gasteiger partial charge in [-0.15, -0.1) is 0 Å². The summed E-state index contributed by atoms with van der Waals surface area (Å²) in [7, 11) is 0. The maximum Gasteiger partial charge on any atom is 0.410 e. The number of ether oxygens (including phenoxy) is 2.